The number of pyridine rings is 1. The smallest absolute Gasteiger partial charge is 0.240 e. The van der Waals surface area contributed by atoms with E-state index in [-0.39, 0.29) is 5.95 Å². The van der Waals surface area contributed by atoms with Crippen LogP contribution in [0.15, 0.2) is 85.1 Å². The Hall–Kier alpha value is -3.66. The fourth-order valence-corrected chi connectivity index (χ4v) is 3.54. The second kappa shape index (κ2) is 5.70. The lowest BCUT2D eigenvalue weighted by Crippen LogP contribution is -1.91. The largest absolute Gasteiger partial charge is 0.366 e. The molecule has 0 aliphatic rings. The first-order valence-electron chi connectivity index (χ1n) is 8.50. The van der Waals surface area contributed by atoms with Crippen molar-refractivity contribution in [2.45, 2.75) is 0 Å². The summed E-state index contributed by atoms with van der Waals surface area (Å²) in [5.74, 6) is 0.280. The van der Waals surface area contributed by atoms with Gasteiger partial charge in [0.15, 0.2) is 5.65 Å². The van der Waals surface area contributed by atoms with E-state index in [1.54, 1.807) is 4.52 Å². The number of rotatable bonds is 2. The molecule has 124 valence electrons. The Kier molecular flexibility index (Phi) is 3.22. The van der Waals surface area contributed by atoms with Crippen molar-refractivity contribution < 1.29 is 0 Å². The van der Waals surface area contributed by atoms with Gasteiger partial charge in [0.05, 0.1) is 0 Å². The number of nitrogens with zero attached hydrogens (tertiary/aromatic N) is 3. The molecule has 4 nitrogen and oxygen atoms in total. The molecule has 3 aromatic carbocycles. The van der Waals surface area contributed by atoms with Gasteiger partial charge in [-0.05, 0) is 39.6 Å². The Morgan fingerprint density at radius 1 is 0.654 bits per heavy atom. The monoisotopic (exact) mass is 336 g/mol. The van der Waals surface area contributed by atoms with Crippen molar-refractivity contribution in [3.63, 3.8) is 0 Å². The minimum Gasteiger partial charge on any atom is -0.366 e. The van der Waals surface area contributed by atoms with Crippen molar-refractivity contribution in [3.8, 4) is 22.3 Å². The highest BCUT2D eigenvalue weighted by atomic mass is 15.3. The van der Waals surface area contributed by atoms with Gasteiger partial charge in [-0.25, -0.2) is 4.52 Å². The van der Waals surface area contributed by atoms with Gasteiger partial charge in [-0.3, -0.25) is 0 Å². The van der Waals surface area contributed by atoms with Gasteiger partial charge in [0, 0.05) is 11.8 Å². The van der Waals surface area contributed by atoms with Crippen LogP contribution in [-0.4, -0.2) is 14.6 Å². The third kappa shape index (κ3) is 2.24. The molecule has 26 heavy (non-hydrogen) atoms. The third-order valence-corrected chi connectivity index (χ3v) is 4.68. The molecular weight excluding hydrogens is 320 g/mol. The van der Waals surface area contributed by atoms with Gasteiger partial charge < -0.3 is 5.73 Å². The maximum absolute atomic E-state index is 5.81. The maximum atomic E-state index is 5.81. The van der Waals surface area contributed by atoms with Crippen molar-refractivity contribution in [1.82, 2.24) is 14.6 Å². The number of hydrogen-bond acceptors (Lipinski definition) is 3. The number of nitrogen functional groups attached to an aromatic ring is 1. The van der Waals surface area contributed by atoms with Gasteiger partial charge in [0.2, 0.25) is 5.95 Å². The molecule has 0 radical (unpaired) electrons. The van der Waals surface area contributed by atoms with Gasteiger partial charge in [0.25, 0.3) is 0 Å². The van der Waals surface area contributed by atoms with E-state index in [1.165, 1.54) is 21.9 Å². The topological polar surface area (TPSA) is 56.2 Å². The highest BCUT2D eigenvalue weighted by Crippen LogP contribution is 2.36. The Morgan fingerprint density at radius 3 is 2.15 bits per heavy atom. The first kappa shape index (κ1) is 14.7. The van der Waals surface area contributed by atoms with Crippen LogP contribution >= 0.6 is 0 Å². The maximum Gasteiger partial charge on any atom is 0.240 e. The van der Waals surface area contributed by atoms with Crippen molar-refractivity contribution in [1.29, 1.82) is 0 Å². The fourth-order valence-electron chi connectivity index (χ4n) is 3.54. The highest BCUT2D eigenvalue weighted by molar-refractivity contribution is 6.06. The zero-order valence-electron chi connectivity index (χ0n) is 14.0. The van der Waals surface area contributed by atoms with Crippen LogP contribution in [0, 0.1) is 0 Å². The summed E-state index contributed by atoms with van der Waals surface area (Å²) in [6.45, 7) is 0. The standard InChI is InChI=1S/C22H16N4/c23-22-24-21-20(11-6-14-26(21)25-22)19-13-12-16(15-7-2-1-3-8-15)17-9-4-5-10-18(17)19/h1-14H,(H2,23,25). The Morgan fingerprint density at radius 2 is 1.35 bits per heavy atom. The molecule has 0 unspecified atom stereocenters. The van der Waals surface area contributed by atoms with Gasteiger partial charge in [-0.2, -0.15) is 4.98 Å². The molecule has 2 heterocycles. The SMILES string of the molecule is Nc1nc2c(-c3ccc(-c4ccccc4)c4ccccc34)cccn2n1. The molecule has 0 bridgehead atoms. The molecule has 5 rings (SSSR count). The van der Waals surface area contributed by atoms with E-state index in [1.807, 2.05) is 18.3 Å². The molecule has 0 aliphatic carbocycles. The zero-order chi connectivity index (χ0) is 17.5. The molecule has 0 amide bonds. The molecule has 2 aromatic heterocycles. The minimum absolute atomic E-state index is 0.280. The van der Waals surface area contributed by atoms with E-state index < -0.39 is 0 Å². The van der Waals surface area contributed by atoms with Crippen LogP contribution in [0.5, 0.6) is 0 Å². The van der Waals surface area contributed by atoms with Gasteiger partial charge in [-0.1, -0.05) is 66.7 Å². The highest BCUT2D eigenvalue weighted by Gasteiger charge is 2.13. The summed E-state index contributed by atoms with van der Waals surface area (Å²) in [5.41, 5.74) is 11.1. The fraction of sp³-hybridized carbons (Fsp3) is 0. The summed E-state index contributed by atoms with van der Waals surface area (Å²) in [6.07, 6.45) is 1.86. The lowest BCUT2D eigenvalue weighted by Gasteiger charge is -2.12. The summed E-state index contributed by atoms with van der Waals surface area (Å²) >= 11 is 0. The van der Waals surface area contributed by atoms with Crippen molar-refractivity contribution in [2.24, 2.45) is 0 Å². The Bertz CT molecular complexity index is 1240. The predicted molar refractivity (Wildman–Crippen MR) is 106 cm³/mol. The van der Waals surface area contributed by atoms with Crippen LogP contribution in [0.2, 0.25) is 0 Å². The van der Waals surface area contributed by atoms with Gasteiger partial charge in [-0.15, -0.1) is 5.10 Å². The Balaban J connectivity index is 1.83. The van der Waals surface area contributed by atoms with E-state index >= 15 is 0 Å². The molecule has 2 N–H and O–H groups in total. The molecule has 0 saturated heterocycles. The summed E-state index contributed by atoms with van der Waals surface area (Å²) < 4.78 is 1.73. The van der Waals surface area contributed by atoms with E-state index in [0.717, 1.165) is 16.8 Å². The van der Waals surface area contributed by atoms with Crippen LogP contribution in [0.25, 0.3) is 38.7 Å². The minimum atomic E-state index is 0.280. The molecule has 4 heteroatoms. The van der Waals surface area contributed by atoms with Crippen LogP contribution in [0.4, 0.5) is 5.95 Å². The van der Waals surface area contributed by atoms with Crippen molar-refractivity contribution >= 4 is 22.4 Å². The molecule has 0 spiro atoms. The van der Waals surface area contributed by atoms with Crippen molar-refractivity contribution in [3.05, 3.63) is 85.1 Å². The average molecular weight is 336 g/mol. The number of fused-ring (bicyclic) bond motifs is 2. The zero-order valence-corrected chi connectivity index (χ0v) is 14.0. The number of benzene rings is 3. The number of anilines is 1. The first-order valence-corrected chi connectivity index (χ1v) is 8.50. The molecule has 0 atom stereocenters. The second-order valence-corrected chi connectivity index (χ2v) is 6.23. The number of nitrogens with two attached hydrogens (primary N) is 1. The Labute approximate surface area is 150 Å². The second-order valence-electron chi connectivity index (χ2n) is 6.23. The van der Waals surface area contributed by atoms with E-state index in [4.69, 9.17) is 5.73 Å². The quantitative estimate of drug-likeness (QED) is 0.504. The lowest BCUT2D eigenvalue weighted by atomic mass is 9.92. The van der Waals surface area contributed by atoms with Gasteiger partial charge >= 0.3 is 0 Å². The third-order valence-electron chi connectivity index (χ3n) is 4.68. The van der Waals surface area contributed by atoms with E-state index in [9.17, 15) is 0 Å². The van der Waals surface area contributed by atoms with Crippen LogP contribution in [-0.2, 0) is 0 Å². The summed E-state index contributed by atoms with van der Waals surface area (Å²) in [5, 5.41) is 6.63. The number of hydrogen-bond donors (Lipinski definition) is 1. The predicted octanol–water partition coefficient (Wildman–Crippen LogP) is 4.80. The van der Waals surface area contributed by atoms with Crippen molar-refractivity contribution in [2.75, 3.05) is 5.73 Å². The summed E-state index contributed by atoms with van der Waals surface area (Å²) in [6, 6.07) is 27.3. The average Bonchev–Trinajstić information content (AvgIpc) is 3.08. The van der Waals surface area contributed by atoms with Gasteiger partial charge in [0.1, 0.15) is 0 Å². The molecule has 0 fully saturated rings. The summed E-state index contributed by atoms with van der Waals surface area (Å²) in [4.78, 5) is 4.41. The van der Waals surface area contributed by atoms with Crippen LogP contribution in [0.3, 0.4) is 0 Å². The first-order chi connectivity index (χ1) is 12.8. The van der Waals surface area contributed by atoms with E-state index in [2.05, 4.69) is 76.8 Å². The molecular formula is C22H16N4. The molecule has 0 aliphatic heterocycles. The number of aromatic nitrogens is 3. The van der Waals surface area contributed by atoms with Crippen LogP contribution < -0.4 is 5.73 Å². The molecule has 5 aromatic rings. The lowest BCUT2D eigenvalue weighted by molar-refractivity contribution is 0.969. The van der Waals surface area contributed by atoms with E-state index in [0.29, 0.717) is 0 Å². The normalized spacial score (nSPS) is 11.2. The summed E-state index contributed by atoms with van der Waals surface area (Å²) in [7, 11) is 0. The van der Waals surface area contributed by atoms with Crippen LogP contribution in [0.1, 0.15) is 0 Å². The molecule has 0 saturated carbocycles.